The zero-order valence-corrected chi connectivity index (χ0v) is 17.9. The summed E-state index contributed by atoms with van der Waals surface area (Å²) in [4.78, 5) is 21.8. The maximum absolute atomic E-state index is 12.4. The van der Waals surface area contributed by atoms with Crippen LogP contribution in [-0.4, -0.2) is 46.8 Å². The highest BCUT2D eigenvalue weighted by molar-refractivity contribution is 7.89. The molecule has 0 radical (unpaired) electrons. The molecular weight excluding hydrogens is 398 g/mol. The first kappa shape index (κ1) is 20.4. The molecule has 0 saturated heterocycles. The number of amides is 1. The number of hydrogen-bond acceptors (Lipinski definition) is 5. The van der Waals surface area contributed by atoms with E-state index in [1.807, 2.05) is 30.1 Å². The molecule has 0 aliphatic rings. The molecule has 0 saturated carbocycles. The molecule has 1 aromatic carbocycles. The summed E-state index contributed by atoms with van der Waals surface area (Å²) in [6.07, 6.45) is 2.53. The standard InChI is InChI=1S/C18H23N5O3S2/c1-5-23-15-7-6-13(28(25,26)21(2)3)12-14(15)19-16(23)8-9-17(24)20-18-22(4)10-11-27-18/h6-7,10-12H,5,8-9H2,1-4H3. The molecule has 0 atom stereocenters. The maximum atomic E-state index is 12.4. The van der Waals surface area contributed by atoms with Gasteiger partial charge < -0.3 is 9.13 Å². The van der Waals surface area contributed by atoms with E-state index in [4.69, 9.17) is 0 Å². The molecule has 10 heteroatoms. The zero-order valence-electron chi connectivity index (χ0n) is 16.3. The van der Waals surface area contributed by atoms with E-state index in [2.05, 4.69) is 9.98 Å². The molecule has 0 fully saturated rings. The minimum absolute atomic E-state index is 0.202. The van der Waals surface area contributed by atoms with E-state index in [1.54, 1.807) is 22.8 Å². The first-order chi connectivity index (χ1) is 13.2. The molecule has 8 nitrogen and oxygen atoms in total. The summed E-state index contributed by atoms with van der Waals surface area (Å²) in [5.41, 5.74) is 1.46. The SMILES string of the molecule is CCn1c(CCC(=O)N=c2sccn2C)nc2cc(S(=O)(=O)N(C)C)ccc21. The minimum Gasteiger partial charge on any atom is -0.328 e. The fourth-order valence-corrected chi connectivity index (χ4v) is 4.56. The number of imidazole rings is 1. The van der Waals surface area contributed by atoms with Crippen molar-refractivity contribution < 1.29 is 13.2 Å². The number of nitrogens with zero attached hydrogens (tertiary/aromatic N) is 5. The number of carbonyl (C=O) groups is 1. The molecule has 150 valence electrons. The quantitative estimate of drug-likeness (QED) is 0.607. The molecular formula is C18H23N5O3S2. The highest BCUT2D eigenvalue weighted by atomic mass is 32.2. The zero-order chi connectivity index (χ0) is 20.5. The molecule has 2 heterocycles. The molecule has 0 N–H and O–H groups in total. The second-order valence-corrected chi connectivity index (χ2v) is 9.54. The summed E-state index contributed by atoms with van der Waals surface area (Å²) in [6.45, 7) is 2.67. The smallest absolute Gasteiger partial charge is 0.248 e. The fourth-order valence-electron chi connectivity index (χ4n) is 2.89. The van der Waals surface area contributed by atoms with Crippen molar-refractivity contribution in [1.82, 2.24) is 18.4 Å². The molecule has 0 unspecified atom stereocenters. The first-order valence-electron chi connectivity index (χ1n) is 8.83. The lowest BCUT2D eigenvalue weighted by atomic mass is 10.3. The Hall–Kier alpha value is -2.30. The Bertz CT molecular complexity index is 1190. The number of aryl methyl sites for hydroxylation is 3. The van der Waals surface area contributed by atoms with Crippen LogP contribution in [0.2, 0.25) is 0 Å². The van der Waals surface area contributed by atoms with Crippen LogP contribution in [0.1, 0.15) is 19.2 Å². The van der Waals surface area contributed by atoms with Gasteiger partial charge in [0.15, 0.2) is 4.80 Å². The third-order valence-corrected chi connectivity index (χ3v) is 7.09. The Labute approximate surface area is 167 Å². The lowest BCUT2D eigenvalue weighted by Gasteiger charge is -2.11. The van der Waals surface area contributed by atoms with E-state index in [0.717, 1.165) is 11.3 Å². The van der Waals surface area contributed by atoms with Crippen LogP contribution in [0, 0.1) is 0 Å². The highest BCUT2D eigenvalue weighted by Crippen LogP contribution is 2.22. The van der Waals surface area contributed by atoms with Crippen molar-refractivity contribution in [2.45, 2.75) is 31.2 Å². The number of fused-ring (bicyclic) bond motifs is 1. The van der Waals surface area contributed by atoms with Crippen molar-refractivity contribution in [3.63, 3.8) is 0 Å². The Balaban J connectivity index is 1.89. The van der Waals surface area contributed by atoms with Crippen LogP contribution in [0.4, 0.5) is 0 Å². The van der Waals surface area contributed by atoms with Crippen molar-refractivity contribution >= 4 is 38.3 Å². The van der Waals surface area contributed by atoms with Gasteiger partial charge in [-0.1, -0.05) is 0 Å². The summed E-state index contributed by atoms with van der Waals surface area (Å²) in [5, 5.41) is 1.88. The van der Waals surface area contributed by atoms with E-state index >= 15 is 0 Å². The fraction of sp³-hybridized carbons (Fsp3) is 0.389. The van der Waals surface area contributed by atoms with Gasteiger partial charge in [-0.2, -0.15) is 4.99 Å². The third-order valence-electron chi connectivity index (χ3n) is 4.44. The van der Waals surface area contributed by atoms with Gasteiger partial charge in [0.2, 0.25) is 15.9 Å². The number of carbonyl (C=O) groups excluding carboxylic acids is 1. The summed E-state index contributed by atoms with van der Waals surface area (Å²) in [7, 11) is 1.32. The van der Waals surface area contributed by atoms with E-state index in [9.17, 15) is 13.2 Å². The molecule has 2 aromatic heterocycles. The normalized spacial score (nSPS) is 13.0. The highest BCUT2D eigenvalue weighted by Gasteiger charge is 2.19. The van der Waals surface area contributed by atoms with Gasteiger partial charge in [0.25, 0.3) is 0 Å². The molecule has 28 heavy (non-hydrogen) atoms. The van der Waals surface area contributed by atoms with Crippen molar-refractivity contribution in [2.24, 2.45) is 12.0 Å². The lowest BCUT2D eigenvalue weighted by Crippen LogP contribution is -2.22. The molecule has 1 amide bonds. The van der Waals surface area contributed by atoms with E-state index in [0.29, 0.717) is 23.3 Å². The number of aromatic nitrogens is 3. The molecule has 3 aromatic rings. The number of benzene rings is 1. The van der Waals surface area contributed by atoms with Gasteiger partial charge in [0.05, 0.1) is 15.9 Å². The van der Waals surface area contributed by atoms with Crippen molar-refractivity contribution in [2.75, 3.05) is 14.1 Å². The van der Waals surface area contributed by atoms with Gasteiger partial charge in [-0.05, 0) is 25.1 Å². The molecule has 0 aliphatic heterocycles. The Morgan fingerprint density at radius 1 is 1.32 bits per heavy atom. The summed E-state index contributed by atoms with van der Waals surface area (Å²) in [6, 6.07) is 4.94. The number of rotatable bonds is 6. The third kappa shape index (κ3) is 3.94. The lowest BCUT2D eigenvalue weighted by molar-refractivity contribution is -0.118. The average Bonchev–Trinajstić information content (AvgIpc) is 3.21. The van der Waals surface area contributed by atoms with E-state index < -0.39 is 10.0 Å². The van der Waals surface area contributed by atoms with Crippen molar-refractivity contribution in [3.05, 3.63) is 40.4 Å². The van der Waals surface area contributed by atoms with Crippen LogP contribution >= 0.6 is 11.3 Å². The van der Waals surface area contributed by atoms with Crippen LogP contribution in [-0.2, 0) is 34.8 Å². The van der Waals surface area contributed by atoms with Crippen LogP contribution in [0.5, 0.6) is 0 Å². The van der Waals surface area contributed by atoms with Gasteiger partial charge in [0.1, 0.15) is 5.82 Å². The van der Waals surface area contributed by atoms with E-state index in [1.165, 1.54) is 29.7 Å². The topological polar surface area (TPSA) is 89.6 Å². The molecule has 0 spiro atoms. The second-order valence-electron chi connectivity index (χ2n) is 6.51. The average molecular weight is 422 g/mol. The van der Waals surface area contributed by atoms with Crippen molar-refractivity contribution in [1.29, 1.82) is 0 Å². The molecule has 0 aliphatic carbocycles. The van der Waals surface area contributed by atoms with Crippen molar-refractivity contribution in [3.8, 4) is 0 Å². The summed E-state index contributed by atoms with van der Waals surface area (Å²) < 4.78 is 29.7. The van der Waals surface area contributed by atoms with Gasteiger partial charge in [-0.25, -0.2) is 17.7 Å². The first-order valence-corrected chi connectivity index (χ1v) is 11.2. The summed E-state index contributed by atoms with van der Waals surface area (Å²) in [5.74, 6) is 0.541. The monoisotopic (exact) mass is 421 g/mol. The Morgan fingerprint density at radius 2 is 2.07 bits per heavy atom. The number of thiazole rings is 1. The largest absolute Gasteiger partial charge is 0.328 e. The predicted molar refractivity (Wildman–Crippen MR) is 108 cm³/mol. The molecule has 0 bridgehead atoms. The summed E-state index contributed by atoms with van der Waals surface area (Å²) >= 11 is 1.41. The van der Waals surface area contributed by atoms with E-state index in [-0.39, 0.29) is 17.2 Å². The minimum atomic E-state index is -3.52. The number of sulfonamides is 1. The Kier molecular flexibility index (Phi) is 5.82. The van der Waals surface area contributed by atoms with Gasteiger partial charge >= 0.3 is 0 Å². The Morgan fingerprint density at radius 3 is 2.68 bits per heavy atom. The van der Waals surface area contributed by atoms with Crippen LogP contribution < -0.4 is 4.80 Å². The maximum Gasteiger partial charge on any atom is 0.248 e. The van der Waals surface area contributed by atoms with Crippen LogP contribution in [0.3, 0.4) is 0 Å². The van der Waals surface area contributed by atoms with Gasteiger partial charge in [-0.3, -0.25) is 4.79 Å². The van der Waals surface area contributed by atoms with Gasteiger partial charge in [-0.15, -0.1) is 11.3 Å². The molecule has 3 rings (SSSR count). The van der Waals surface area contributed by atoms with Crippen LogP contribution in [0.25, 0.3) is 11.0 Å². The number of hydrogen-bond donors (Lipinski definition) is 0. The van der Waals surface area contributed by atoms with Crippen LogP contribution in [0.15, 0.2) is 39.7 Å². The second kappa shape index (κ2) is 7.98. The predicted octanol–water partition coefficient (Wildman–Crippen LogP) is 1.77. The van der Waals surface area contributed by atoms with Gasteiger partial charge in [0, 0.05) is 52.1 Å².